The van der Waals surface area contributed by atoms with Gasteiger partial charge in [0.2, 0.25) is 5.91 Å². The highest BCUT2D eigenvalue weighted by molar-refractivity contribution is 7.09. The molecule has 1 heterocycles. The third-order valence-electron chi connectivity index (χ3n) is 1.58. The van der Waals surface area contributed by atoms with Crippen molar-refractivity contribution in [3.63, 3.8) is 0 Å². The smallest absolute Gasteiger partial charge is 0.219 e. The minimum absolute atomic E-state index is 0.0721. The lowest BCUT2D eigenvalue weighted by Crippen LogP contribution is -2.22. The Labute approximate surface area is 76.0 Å². The quantitative estimate of drug-likeness (QED) is 0.696. The highest BCUT2D eigenvalue weighted by atomic mass is 32.1. The summed E-state index contributed by atoms with van der Waals surface area (Å²) in [5.74, 6) is 0.0721. The van der Waals surface area contributed by atoms with E-state index in [0.717, 1.165) is 10.7 Å². The van der Waals surface area contributed by atoms with E-state index >= 15 is 0 Å². The fourth-order valence-corrected chi connectivity index (χ4v) is 1.61. The van der Waals surface area contributed by atoms with Crippen molar-refractivity contribution < 1.29 is 4.79 Å². The van der Waals surface area contributed by atoms with Crippen molar-refractivity contribution in [2.45, 2.75) is 20.4 Å². The van der Waals surface area contributed by atoms with Gasteiger partial charge in [-0.05, 0) is 6.92 Å². The van der Waals surface area contributed by atoms with Gasteiger partial charge in [0, 0.05) is 25.0 Å². The van der Waals surface area contributed by atoms with Gasteiger partial charge in [0.25, 0.3) is 0 Å². The molecule has 1 aromatic rings. The van der Waals surface area contributed by atoms with Crippen LogP contribution in [0.5, 0.6) is 0 Å². The molecule has 0 aliphatic rings. The number of aromatic nitrogens is 1. The number of carbonyl (C=O) groups excluding carboxylic acids is 1. The van der Waals surface area contributed by atoms with E-state index in [9.17, 15) is 4.79 Å². The van der Waals surface area contributed by atoms with Crippen LogP contribution in [0.15, 0.2) is 5.38 Å². The summed E-state index contributed by atoms with van der Waals surface area (Å²) in [5.41, 5.74) is 1.02. The molecule has 4 heteroatoms. The number of nitrogens with zero attached hydrogens (tertiary/aromatic N) is 2. The Morgan fingerprint density at radius 1 is 1.75 bits per heavy atom. The SMILES string of the molecule is CC(=O)N(C)Cc1nc(C)cs1. The van der Waals surface area contributed by atoms with Crippen molar-refractivity contribution in [3.8, 4) is 0 Å². The Bertz CT molecular complexity index is 282. The molecule has 0 fully saturated rings. The molecule has 0 saturated heterocycles. The predicted octanol–water partition coefficient (Wildman–Crippen LogP) is 1.43. The van der Waals surface area contributed by atoms with Gasteiger partial charge in [0.1, 0.15) is 5.01 Å². The molecular formula is C8H12N2OS. The Morgan fingerprint density at radius 2 is 2.42 bits per heavy atom. The highest BCUT2D eigenvalue weighted by Gasteiger charge is 2.05. The molecule has 0 N–H and O–H groups in total. The van der Waals surface area contributed by atoms with Gasteiger partial charge in [-0.2, -0.15) is 0 Å². The molecule has 0 bridgehead atoms. The average Bonchev–Trinajstić information content (AvgIpc) is 2.35. The molecule has 0 aliphatic heterocycles. The molecule has 0 radical (unpaired) electrons. The van der Waals surface area contributed by atoms with E-state index in [1.165, 1.54) is 0 Å². The van der Waals surface area contributed by atoms with Gasteiger partial charge < -0.3 is 4.90 Å². The number of carbonyl (C=O) groups is 1. The lowest BCUT2D eigenvalue weighted by molar-refractivity contribution is -0.128. The van der Waals surface area contributed by atoms with Crippen molar-refractivity contribution in [3.05, 3.63) is 16.1 Å². The molecule has 12 heavy (non-hydrogen) atoms. The standard InChI is InChI=1S/C8H12N2OS/c1-6-5-12-8(9-6)4-10(3)7(2)11/h5H,4H2,1-3H3. The molecule has 0 aliphatic carbocycles. The zero-order valence-electron chi connectivity index (χ0n) is 7.50. The molecule has 0 aromatic carbocycles. The largest absolute Gasteiger partial charge is 0.339 e. The number of thiazole rings is 1. The van der Waals surface area contributed by atoms with Gasteiger partial charge in [0.05, 0.1) is 6.54 Å². The topological polar surface area (TPSA) is 33.2 Å². The number of amides is 1. The Kier molecular flexibility index (Phi) is 2.81. The number of rotatable bonds is 2. The summed E-state index contributed by atoms with van der Waals surface area (Å²) in [6, 6.07) is 0. The first-order valence-corrected chi connectivity index (χ1v) is 4.60. The minimum Gasteiger partial charge on any atom is -0.339 e. The number of hydrogen-bond acceptors (Lipinski definition) is 3. The normalized spacial score (nSPS) is 9.92. The minimum atomic E-state index is 0.0721. The van der Waals surface area contributed by atoms with Crippen LogP contribution in [0.25, 0.3) is 0 Å². The fourth-order valence-electron chi connectivity index (χ4n) is 0.790. The van der Waals surface area contributed by atoms with Gasteiger partial charge in [-0.1, -0.05) is 0 Å². The first-order chi connectivity index (χ1) is 5.59. The highest BCUT2D eigenvalue weighted by Crippen LogP contribution is 2.10. The van der Waals surface area contributed by atoms with E-state index in [1.807, 2.05) is 12.3 Å². The van der Waals surface area contributed by atoms with Crippen LogP contribution in [0.2, 0.25) is 0 Å². The zero-order valence-corrected chi connectivity index (χ0v) is 8.31. The molecule has 3 nitrogen and oxygen atoms in total. The van der Waals surface area contributed by atoms with Gasteiger partial charge >= 0.3 is 0 Å². The monoisotopic (exact) mass is 184 g/mol. The summed E-state index contributed by atoms with van der Waals surface area (Å²) in [7, 11) is 1.78. The number of aryl methyl sites for hydroxylation is 1. The molecule has 1 amide bonds. The van der Waals surface area contributed by atoms with Gasteiger partial charge in [-0.3, -0.25) is 4.79 Å². The second-order valence-electron chi connectivity index (χ2n) is 2.76. The van der Waals surface area contributed by atoms with Crippen LogP contribution in [0.4, 0.5) is 0 Å². The average molecular weight is 184 g/mol. The van der Waals surface area contributed by atoms with Gasteiger partial charge in [0.15, 0.2) is 0 Å². The van der Waals surface area contributed by atoms with E-state index in [1.54, 1.807) is 30.2 Å². The van der Waals surface area contributed by atoms with Crippen LogP contribution >= 0.6 is 11.3 Å². The van der Waals surface area contributed by atoms with Crippen LogP contribution in [-0.4, -0.2) is 22.8 Å². The van der Waals surface area contributed by atoms with E-state index < -0.39 is 0 Å². The Balaban J connectivity index is 2.58. The van der Waals surface area contributed by atoms with Gasteiger partial charge in [-0.25, -0.2) is 4.98 Å². The Morgan fingerprint density at radius 3 is 2.83 bits per heavy atom. The van der Waals surface area contributed by atoms with E-state index in [-0.39, 0.29) is 5.91 Å². The molecule has 66 valence electrons. The molecular weight excluding hydrogens is 172 g/mol. The summed E-state index contributed by atoms with van der Waals surface area (Å²) in [6.45, 7) is 4.13. The van der Waals surface area contributed by atoms with Crippen molar-refractivity contribution in [1.82, 2.24) is 9.88 Å². The molecule has 0 unspecified atom stereocenters. The third kappa shape index (κ3) is 2.30. The lowest BCUT2D eigenvalue weighted by atomic mass is 10.5. The van der Waals surface area contributed by atoms with Crippen LogP contribution in [0.3, 0.4) is 0 Å². The van der Waals surface area contributed by atoms with Crippen LogP contribution < -0.4 is 0 Å². The lowest BCUT2D eigenvalue weighted by Gasteiger charge is -2.11. The maximum Gasteiger partial charge on any atom is 0.219 e. The maximum absolute atomic E-state index is 10.9. The summed E-state index contributed by atoms with van der Waals surface area (Å²) in [4.78, 5) is 16.8. The summed E-state index contributed by atoms with van der Waals surface area (Å²) >= 11 is 1.59. The fraction of sp³-hybridized carbons (Fsp3) is 0.500. The van der Waals surface area contributed by atoms with Crippen LogP contribution in [-0.2, 0) is 11.3 Å². The first kappa shape index (κ1) is 9.19. The molecule has 1 aromatic heterocycles. The van der Waals surface area contributed by atoms with Crippen LogP contribution in [0, 0.1) is 6.92 Å². The van der Waals surface area contributed by atoms with Crippen molar-refractivity contribution in [1.29, 1.82) is 0 Å². The summed E-state index contributed by atoms with van der Waals surface area (Å²) in [5, 5.41) is 2.98. The first-order valence-electron chi connectivity index (χ1n) is 3.72. The molecule has 1 rings (SSSR count). The van der Waals surface area contributed by atoms with Crippen LogP contribution in [0.1, 0.15) is 17.6 Å². The second kappa shape index (κ2) is 3.67. The molecule has 0 saturated carbocycles. The van der Waals surface area contributed by atoms with Crippen molar-refractivity contribution in [2.75, 3.05) is 7.05 Å². The maximum atomic E-state index is 10.9. The van der Waals surface area contributed by atoms with E-state index in [2.05, 4.69) is 4.98 Å². The number of hydrogen-bond donors (Lipinski definition) is 0. The van der Waals surface area contributed by atoms with Crippen molar-refractivity contribution in [2.24, 2.45) is 0 Å². The predicted molar refractivity (Wildman–Crippen MR) is 49.0 cm³/mol. The molecule has 0 atom stereocenters. The molecule has 0 spiro atoms. The zero-order chi connectivity index (χ0) is 9.14. The summed E-state index contributed by atoms with van der Waals surface area (Å²) < 4.78 is 0. The second-order valence-corrected chi connectivity index (χ2v) is 3.70. The Hall–Kier alpha value is -0.900. The summed E-state index contributed by atoms with van der Waals surface area (Å²) in [6.07, 6.45) is 0. The third-order valence-corrected chi connectivity index (χ3v) is 2.53. The van der Waals surface area contributed by atoms with E-state index in [0.29, 0.717) is 6.54 Å². The van der Waals surface area contributed by atoms with Crippen molar-refractivity contribution >= 4 is 17.2 Å². The van der Waals surface area contributed by atoms with E-state index in [4.69, 9.17) is 0 Å². The van der Waals surface area contributed by atoms with Gasteiger partial charge in [-0.15, -0.1) is 11.3 Å².